The molecule has 1 fully saturated rings. The lowest BCUT2D eigenvalue weighted by Crippen LogP contribution is -2.44. The maximum absolute atomic E-state index is 14.0. The topological polar surface area (TPSA) is 104 Å². The SMILES string of the molecule is COc1ccc(-n2nc(-c3ccccc3)c3c2N(CC(=O)NC[C@@H]2CCCO2)C(=O)CS[C@@H]3c2ccc3c(c2)OCO3)cc1. The number of methoxy groups -OCH3 is 1. The van der Waals surface area contributed by atoms with Gasteiger partial charge in [-0.1, -0.05) is 36.4 Å². The third-order valence-electron chi connectivity index (χ3n) is 8.01. The number of nitrogens with zero attached hydrogens (tertiary/aromatic N) is 3. The molecule has 0 aliphatic carbocycles. The Labute approximate surface area is 259 Å². The Hall–Kier alpha value is -4.48. The molecule has 10 nitrogen and oxygen atoms in total. The summed E-state index contributed by atoms with van der Waals surface area (Å²) >= 11 is 1.51. The van der Waals surface area contributed by atoms with Crippen molar-refractivity contribution in [2.75, 3.05) is 44.3 Å². The molecule has 3 aliphatic heterocycles. The first-order valence-corrected chi connectivity index (χ1v) is 15.7. The number of nitrogens with one attached hydrogen (secondary N) is 1. The molecule has 226 valence electrons. The van der Waals surface area contributed by atoms with Gasteiger partial charge < -0.3 is 24.3 Å². The number of carbonyl (C=O) groups is 2. The zero-order chi connectivity index (χ0) is 30.0. The molecular weight excluding hydrogens is 580 g/mol. The first-order chi connectivity index (χ1) is 21.6. The monoisotopic (exact) mass is 612 g/mol. The highest BCUT2D eigenvalue weighted by molar-refractivity contribution is 8.00. The molecule has 4 heterocycles. The van der Waals surface area contributed by atoms with Crippen molar-refractivity contribution < 1.29 is 28.5 Å². The van der Waals surface area contributed by atoms with Crippen LogP contribution in [0.3, 0.4) is 0 Å². The molecule has 1 N–H and O–H groups in total. The average molecular weight is 613 g/mol. The van der Waals surface area contributed by atoms with Gasteiger partial charge in [-0.2, -0.15) is 5.10 Å². The molecule has 2 atom stereocenters. The van der Waals surface area contributed by atoms with Crippen LogP contribution >= 0.6 is 11.8 Å². The Balaban J connectivity index is 1.38. The average Bonchev–Trinajstić information content (AvgIpc) is 3.82. The van der Waals surface area contributed by atoms with Crippen molar-refractivity contribution in [3.63, 3.8) is 0 Å². The molecule has 1 saturated heterocycles. The van der Waals surface area contributed by atoms with Gasteiger partial charge in [0.05, 0.1) is 35.6 Å². The lowest BCUT2D eigenvalue weighted by Gasteiger charge is -2.23. The van der Waals surface area contributed by atoms with Gasteiger partial charge in [0.1, 0.15) is 18.1 Å². The summed E-state index contributed by atoms with van der Waals surface area (Å²) in [6.07, 6.45) is 1.89. The zero-order valence-corrected chi connectivity index (χ0v) is 25.0. The Bertz CT molecular complexity index is 1670. The number of carbonyl (C=O) groups excluding carboxylic acids is 2. The predicted molar refractivity (Wildman–Crippen MR) is 167 cm³/mol. The minimum Gasteiger partial charge on any atom is -0.497 e. The number of fused-ring (bicyclic) bond motifs is 2. The predicted octanol–water partition coefficient (Wildman–Crippen LogP) is 4.74. The van der Waals surface area contributed by atoms with E-state index < -0.39 is 0 Å². The van der Waals surface area contributed by atoms with Gasteiger partial charge >= 0.3 is 0 Å². The van der Waals surface area contributed by atoms with E-state index in [9.17, 15) is 9.59 Å². The van der Waals surface area contributed by atoms with Crippen LogP contribution in [-0.2, 0) is 14.3 Å². The van der Waals surface area contributed by atoms with Gasteiger partial charge in [0, 0.05) is 24.3 Å². The Morgan fingerprint density at radius 1 is 1.07 bits per heavy atom. The van der Waals surface area contributed by atoms with Crippen molar-refractivity contribution >= 4 is 29.4 Å². The quantitative estimate of drug-likeness (QED) is 0.304. The van der Waals surface area contributed by atoms with Gasteiger partial charge in [-0.05, 0) is 54.8 Å². The minimum atomic E-state index is -0.286. The van der Waals surface area contributed by atoms with Crippen molar-refractivity contribution in [2.24, 2.45) is 0 Å². The lowest BCUT2D eigenvalue weighted by molar-refractivity contribution is -0.123. The van der Waals surface area contributed by atoms with E-state index in [1.54, 1.807) is 16.7 Å². The number of benzene rings is 3. The third-order valence-corrected chi connectivity index (χ3v) is 9.26. The van der Waals surface area contributed by atoms with E-state index in [2.05, 4.69) is 5.32 Å². The fourth-order valence-electron chi connectivity index (χ4n) is 5.80. The maximum atomic E-state index is 14.0. The number of ether oxygens (including phenoxy) is 4. The van der Waals surface area contributed by atoms with Crippen LogP contribution in [0.2, 0.25) is 0 Å². The summed E-state index contributed by atoms with van der Waals surface area (Å²) < 4.78 is 24.2. The molecule has 44 heavy (non-hydrogen) atoms. The molecule has 4 aromatic rings. The highest BCUT2D eigenvalue weighted by Crippen LogP contribution is 2.50. The van der Waals surface area contributed by atoms with E-state index in [0.29, 0.717) is 36.2 Å². The second kappa shape index (κ2) is 12.3. The largest absolute Gasteiger partial charge is 0.497 e. The molecule has 0 saturated carbocycles. The van der Waals surface area contributed by atoms with Gasteiger partial charge in [-0.25, -0.2) is 4.68 Å². The summed E-state index contributed by atoms with van der Waals surface area (Å²) in [6.45, 7) is 1.13. The molecule has 0 radical (unpaired) electrons. The molecule has 7 rings (SSSR count). The highest BCUT2D eigenvalue weighted by atomic mass is 32.2. The van der Waals surface area contributed by atoms with Gasteiger partial charge in [0.2, 0.25) is 18.6 Å². The molecule has 1 aromatic heterocycles. The van der Waals surface area contributed by atoms with Crippen LogP contribution in [0.25, 0.3) is 16.9 Å². The number of thioether (sulfide) groups is 1. The fourth-order valence-corrected chi connectivity index (χ4v) is 6.99. The fraction of sp³-hybridized carbons (Fsp3) is 0.303. The number of hydrogen-bond donors (Lipinski definition) is 1. The van der Waals surface area contributed by atoms with Crippen LogP contribution in [0.15, 0.2) is 72.8 Å². The van der Waals surface area contributed by atoms with Crippen molar-refractivity contribution in [1.82, 2.24) is 15.1 Å². The molecule has 2 amide bonds. The highest BCUT2D eigenvalue weighted by Gasteiger charge is 2.38. The Kier molecular flexibility index (Phi) is 7.88. The Morgan fingerprint density at radius 2 is 1.89 bits per heavy atom. The van der Waals surface area contributed by atoms with E-state index in [4.69, 9.17) is 24.0 Å². The van der Waals surface area contributed by atoms with Gasteiger partial charge in [-0.3, -0.25) is 14.5 Å². The maximum Gasteiger partial charge on any atom is 0.240 e. The van der Waals surface area contributed by atoms with Gasteiger partial charge in [0.25, 0.3) is 0 Å². The first kappa shape index (κ1) is 28.3. The molecule has 0 bridgehead atoms. The van der Waals surface area contributed by atoms with Crippen LogP contribution in [-0.4, -0.2) is 67.1 Å². The molecule has 0 spiro atoms. The van der Waals surface area contributed by atoms with E-state index in [1.165, 1.54) is 11.8 Å². The number of anilines is 1. The number of rotatable bonds is 8. The van der Waals surface area contributed by atoms with Crippen LogP contribution < -0.4 is 24.4 Å². The first-order valence-electron chi connectivity index (χ1n) is 14.6. The van der Waals surface area contributed by atoms with E-state index >= 15 is 0 Å². The van der Waals surface area contributed by atoms with Crippen molar-refractivity contribution in [1.29, 1.82) is 0 Å². The third kappa shape index (κ3) is 5.48. The number of aromatic nitrogens is 2. The molecule has 11 heteroatoms. The zero-order valence-electron chi connectivity index (χ0n) is 24.2. The summed E-state index contributed by atoms with van der Waals surface area (Å²) in [5.74, 6) is 2.34. The summed E-state index contributed by atoms with van der Waals surface area (Å²) in [5, 5.41) is 7.84. The Morgan fingerprint density at radius 3 is 2.66 bits per heavy atom. The summed E-state index contributed by atoms with van der Waals surface area (Å²) in [4.78, 5) is 28.9. The molecule has 0 unspecified atom stereocenters. The van der Waals surface area contributed by atoms with E-state index in [-0.39, 0.29) is 42.3 Å². The van der Waals surface area contributed by atoms with Gasteiger partial charge in [0.15, 0.2) is 11.5 Å². The molecule has 3 aliphatic rings. The van der Waals surface area contributed by atoms with Crippen molar-refractivity contribution in [3.8, 4) is 34.2 Å². The number of amides is 2. The van der Waals surface area contributed by atoms with Crippen LogP contribution in [0.4, 0.5) is 5.82 Å². The number of hydrogen-bond acceptors (Lipinski definition) is 8. The van der Waals surface area contributed by atoms with Crippen molar-refractivity contribution in [2.45, 2.75) is 24.2 Å². The van der Waals surface area contributed by atoms with Crippen LogP contribution in [0, 0.1) is 0 Å². The molecule has 3 aromatic carbocycles. The second-order valence-corrected chi connectivity index (χ2v) is 11.9. The van der Waals surface area contributed by atoms with Crippen LogP contribution in [0.5, 0.6) is 17.2 Å². The summed E-state index contributed by atoms with van der Waals surface area (Å²) in [5.41, 5.74) is 4.15. The van der Waals surface area contributed by atoms with Gasteiger partial charge in [-0.15, -0.1) is 11.8 Å². The molecular formula is C33H32N4O6S. The minimum absolute atomic E-state index is 0.00481. The second-order valence-electron chi connectivity index (χ2n) is 10.8. The van der Waals surface area contributed by atoms with Crippen LogP contribution in [0.1, 0.15) is 29.2 Å². The smallest absolute Gasteiger partial charge is 0.240 e. The van der Waals surface area contributed by atoms with E-state index in [0.717, 1.165) is 40.9 Å². The van der Waals surface area contributed by atoms with Crippen molar-refractivity contribution in [3.05, 3.63) is 83.9 Å². The lowest BCUT2D eigenvalue weighted by atomic mass is 9.99. The summed E-state index contributed by atoms with van der Waals surface area (Å²) in [7, 11) is 1.62. The standard InChI is InChI=1S/C33H32N4O6S/c1-40-24-12-10-23(11-13-24)37-33-30(31(35-37)21-6-3-2-4-7-21)32(22-9-14-26-27(16-22)43-20-42-26)44-19-29(39)36(33)18-28(38)34-17-25-8-5-15-41-25/h2-4,6-7,9-14,16,25,32H,5,8,15,17-20H2,1H3,(H,34,38)/t25-,32+/m0/s1. The normalized spacial score (nSPS) is 19.0. The summed E-state index contributed by atoms with van der Waals surface area (Å²) in [6, 6.07) is 23.3. The van der Waals surface area contributed by atoms with E-state index in [1.807, 2.05) is 72.8 Å².